The maximum absolute atomic E-state index is 12.0. The molecule has 102 valence electrons. The number of nitrogens with one attached hydrogen (secondary N) is 1. The summed E-state index contributed by atoms with van der Waals surface area (Å²) >= 11 is 1.09. The second kappa shape index (κ2) is 6.12. The molecular weight excluding hydrogens is 274 g/mol. The van der Waals surface area contributed by atoms with Gasteiger partial charge in [-0.15, -0.1) is 11.3 Å². The van der Waals surface area contributed by atoms with E-state index in [0.29, 0.717) is 18.0 Å². The average Bonchev–Trinajstić information content (AvgIpc) is 2.87. The van der Waals surface area contributed by atoms with Crippen LogP contribution in [0.25, 0.3) is 0 Å². The fourth-order valence-electron chi connectivity index (χ4n) is 1.85. The summed E-state index contributed by atoms with van der Waals surface area (Å²) in [6.45, 7) is 1.67. The van der Waals surface area contributed by atoms with Gasteiger partial charge in [-0.1, -0.05) is 0 Å². The quantitative estimate of drug-likeness (QED) is 0.847. The van der Waals surface area contributed by atoms with Crippen LogP contribution in [0.4, 0.5) is 0 Å². The smallest absolute Gasteiger partial charge is 0.250 e. The van der Waals surface area contributed by atoms with Crippen molar-refractivity contribution in [2.24, 2.45) is 5.92 Å². The van der Waals surface area contributed by atoms with Gasteiger partial charge in [-0.25, -0.2) is 13.1 Å². The van der Waals surface area contributed by atoms with Crippen molar-refractivity contribution < 1.29 is 18.3 Å². The molecule has 1 fully saturated rings. The monoisotopic (exact) mass is 291 g/mol. The molecule has 2 N–H and O–H groups in total. The van der Waals surface area contributed by atoms with Gasteiger partial charge in [0.2, 0.25) is 10.0 Å². The van der Waals surface area contributed by atoms with Crippen molar-refractivity contribution >= 4 is 21.4 Å². The Kier molecular flexibility index (Phi) is 4.74. The normalized spacial score (nSPS) is 21.1. The molecule has 0 spiro atoms. The summed E-state index contributed by atoms with van der Waals surface area (Å²) in [5.41, 5.74) is 0. The van der Waals surface area contributed by atoms with Gasteiger partial charge in [0, 0.05) is 18.0 Å². The highest BCUT2D eigenvalue weighted by molar-refractivity contribution is 7.91. The van der Waals surface area contributed by atoms with Crippen LogP contribution in [0, 0.1) is 5.92 Å². The predicted molar refractivity (Wildman–Crippen MR) is 69.0 cm³/mol. The Bertz CT molecular complexity index is 477. The number of hydrogen-bond acceptors (Lipinski definition) is 5. The first kappa shape index (κ1) is 14.0. The van der Waals surface area contributed by atoms with E-state index in [1.165, 1.54) is 6.07 Å². The van der Waals surface area contributed by atoms with E-state index in [-0.39, 0.29) is 16.7 Å². The van der Waals surface area contributed by atoms with E-state index in [1.807, 2.05) is 0 Å². The van der Waals surface area contributed by atoms with Gasteiger partial charge in [0.05, 0.1) is 13.2 Å². The van der Waals surface area contributed by atoms with E-state index in [9.17, 15) is 8.42 Å². The number of hydrogen-bond donors (Lipinski definition) is 2. The van der Waals surface area contributed by atoms with Crippen molar-refractivity contribution in [2.75, 3.05) is 19.8 Å². The third kappa shape index (κ3) is 3.52. The van der Waals surface area contributed by atoms with Crippen molar-refractivity contribution in [1.82, 2.24) is 4.72 Å². The fraction of sp³-hybridized carbons (Fsp3) is 0.636. The van der Waals surface area contributed by atoms with Gasteiger partial charge in [0.15, 0.2) is 0 Å². The molecule has 5 nitrogen and oxygen atoms in total. The molecule has 0 amide bonds. The molecule has 1 aromatic rings. The molecule has 1 aliphatic heterocycles. The first-order valence-corrected chi connectivity index (χ1v) is 8.19. The predicted octanol–water partition coefficient (Wildman–Crippen LogP) is 0.945. The second-order valence-corrected chi connectivity index (χ2v) is 7.48. The lowest BCUT2D eigenvalue weighted by Crippen LogP contribution is -2.32. The molecular formula is C11H17NO4S2. The Morgan fingerprint density at radius 2 is 2.33 bits per heavy atom. The van der Waals surface area contributed by atoms with Crippen LogP contribution in [0.2, 0.25) is 0 Å². The van der Waals surface area contributed by atoms with Crippen LogP contribution >= 0.6 is 11.3 Å². The van der Waals surface area contributed by atoms with Gasteiger partial charge in [-0.05, 0) is 30.9 Å². The number of aliphatic hydroxyl groups excluding tert-OH is 1. The average molecular weight is 291 g/mol. The van der Waals surface area contributed by atoms with Crippen LogP contribution in [0.3, 0.4) is 0 Å². The lowest BCUT2D eigenvalue weighted by atomic mass is 10.0. The summed E-state index contributed by atoms with van der Waals surface area (Å²) in [6.07, 6.45) is 1.98. The van der Waals surface area contributed by atoms with Gasteiger partial charge in [-0.3, -0.25) is 0 Å². The number of sulfonamides is 1. The minimum Gasteiger partial charge on any atom is -0.391 e. The molecule has 18 heavy (non-hydrogen) atoms. The van der Waals surface area contributed by atoms with E-state index in [0.717, 1.165) is 30.8 Å². The first-order chi connectivity index (χ1) is 8.62. The molecule has 7 heteroatoms. The lowest BCUT2D eigenvalue weighted by Gasteiger charge is -2.21. The van der Waals surface area contributed by atoms with Crippen molar-refractivity contribution in [3.8, 4) is 0 Å². The van der Waals surface area contributed by atoms with E-state index in [1.54, 1.807) is 6.07 Å². The standard InChI is InChI=1S/C11H17NO4S2/c13-7-10-3-4-11(17-10)18(14,15)12-6-9-2-1-5-16-8-9/h3-4,9,12-13H,1-2,5-8H2. The first-order valence-electron chi connectivity index (χ1n) is 5.89. The Hall–Kier alpha value is -0.470. The Labute approximate surface area is 111 Å². The second-order valence-electron chi connectivity index (χ2n) is 4.31. The highest BCUT2D eigenvalue weighted by Gasteiger charge is 2.20. The zero-order valence-electron chi connectivity index (χ0n) is 9.96. The highest BCUT2D eigenvalue weighted by atomic mass is 32.2. The minimum atomic E-state index is -3.45. The fourth-order valence-corrected chi connectivity index (χ4v) is 4.23. The number of aliphatic hydroxyl groups is 1. The van der Waals surface area contributed by atoms with Gasteiger partial charge >= 0.3 is 0 Å². The largest absolute Gasteiger partial charge is 0.391 e. The van der Waals surface area contributed by atoms with Crippen molar-refractivity contribution in [3.63, 3.8) is 0 Å². The highest BCUT2D eigenvalue weighted by Crippen LogP contribution is 2.22. The molecule has 1 aliphatic rings. The van der Waals surface area contributed by atoms with E-state index >= 15 is 0 Å². The van der Waals surface area contributed by atoms with Crippen LogP contribution in [-0.2, 0) is 21.4 Å². The Morgan fingerprint density at radius 1 is 1.50 bits per heavy atom. The molecule has 1 aromatic heterocycles. The summed E-state index contributed by atoms with van der Waals surface area (Å²) in [5, 5.41) is 8.93. The summed E-state index contributed by atoms with van der Waals surface area (Å²) in [5.74, 6) is 0.255. The van der Waals surface area contributed by atoms with Crippen LogP contribution in [0.15, 0.2) is 16.3 Å². The van der Waals surface area contributed by atoms with E-state index in [2.05, 4.69) is 4.72 Å². The maximum Gasteiger partial charge on any atom is 0.250 e. The molecule has 0 aromatic carbocycles. The molecule has 0 bridgehead atoms. The van der Waals surface area contributed by atoms with Gasteiger partial charge in [0.1, 0.15) is 4.21 Å². The topological polar surface area (TPSA) is 75.6 Å². The van der Waals surface area contributed by atoms with Crippen molar-refractivity contribution in [2.45, 2.75) is 23.7 Å². The maximum atomic E-state index is 12.0. The van der Waals surface area contributed by atoms with E-state index < -0.39 is 10.0 Å². The molecule has 0 aliphatic carbocycles. The Balaban J connectivity index is 1.94. The van der Waals surface area contributed by atoms with Crippen LogP contribution in [-0.4, -0.2) is 33.3 Å². The molecule has 0 saturated carbocycles. The van der Waals surface area contributed by atoms with Crippen LogP contribution in [0.1, 0.15) is 17.7 Å². The van der Waals surface area contributed by atoms with Gasteiger partial charge in [0.25, 0.3) is 0 Å². The summed E-state index contributed by atoms with van der Waals surface area (Å²) in [7, 11) is -3.45. The molecule has 1 unspecified atom stereocenters. The van der Waals surface area contributed by atoms with Crippen molar-refractivity contribution in [1.29, 1.82) is 0 Å². The summed E-state index contributed by atoms with van der Waals surface area (Å²) in [6, 6.07) is 3.15. The van der Waals surface area contributed by atoms with Crippen LogP contribution < -0.4 is 4.72 Å². The minimum absolute atomic E-state index is 0.128. The number of ether oxygens (including phenoxy) is 1. The molecule has 0 radical (unpaired) electrons. The summed E-state index contributed by atoms with van der Waals surface area (Å²) < 4.78 is 32.1. The van der Waals surface area contributed by atoms with Gasteiger partial charge < -0.3 is 9.84 Å². The lowest BCUT2D eigenvalue weighted by molar-refractivity contribution is 0.0568. The third-order valence-corrected chi connectivity index (χ3v) is 5.86. The molecule has 2 heterocycles. The van der Waals surface area contributed by atoms with Gasteiger partial charge in [-0.2, -0.15) is 0 Å². The SMILES string of the molecule is O=S(=O)(NCC1CCCOC1)c1ccc(CO)s1. The summed E-state index contributed by atoms with van der Waals surface area (Å²) in [4.78, 5) is 0.649. The molecule has 1 atom stereocenters. The molecule has 1 saturated heterocycles. The number of rotatable bonds is 5. The third-order valence-electron chi connectivity index (χ3n) is 2.87. The molecule has 2 rings (SSSR count). The Morgan fingerprint density at radius 3 is 2.94 bits per heavy atom. The van der Waals surface area contributed by atoms with Crippen molar-refractivity contribution in [3.05, 3.63) is 17.0 Å². The zero-order valence-corrected chi connectivity index (χ0v) is 11.6. The van der Waals surface area contributed by atoms with E-state index in [4.69, 9.17) is 9.84 Å². The zero-order chi connectivity index (χ0) is 13.0. The van der Waals surface area contributed by atoms with Crippen LogP contribution in [0.5, 0.6) is 0 Å². The number of thiophene rings is 1.